The minimum Gasteiger partial charge on any atom is -0.487 e. The van der Waals surface area contributed by atoms with Gasteiger partial charge in [0.1, 0.15) is 12.4 Å². The summed E-state index contributed by atoms with van der Waals surface area (Å²) in [5, 5.41) is 0.689. The van der Waals surface area contributed by atoms with E-state index in [0.29, 0.717) is 55.7 Å². The summed E-state index contributed by atoms with van der Waals surface area (Å²) in [6.07, 6.45) is 4.78. The van der Waals surface area contributed by atoms with Gasteiger partial charge in [0, 0.05) is 38.2 Å². The molecule has 3 heterocycles. The summed E-state index contributed by atoms with van der Waals surface area (Å²) >= 11 is 6.29. The van der Waals surface area contributed by atoms with E-state index in [1.165, 1.54) is 15.9 Å². The van der Waals surface area contributed by atoms with Gasteiger partial charge in [0.2, 0.25) is 0 Å². The molecule has 3 atom stereocenters. The number of hydrogen-bond donors (Lipinski definition) is 1. The summed E-state index contributed by atoms with van der Waals surface area (Å²) in [4.78, 5) is 31.1. The predicted molar refractivity (Wildman–Crippen MR) is 158 cm³/mol. The number of likely N-dealkylation sites (N-methyl/N-ethyl adjacent to an activating group) is 1. The Morgan fingerprint density at radius 1 is 0.905 bits per heavy atom. The Kier molecular flexibility index (Phi) is 8.15. The highest BCUT2D eigenvalue weighted by Crippen LogP contribution is 2.39. The highest BCUT2D eigenvalue weighted by Gasteiger charge is 2.37. The zero-order chi connectivity index (χ0) is 29.4. The van der Waals surface area contributed by atoms with Crippen molar-refractivity contribution in [2.45, 2.75) is 56.1 Å². The van der Waals surface area contributed by atoms with Crippen molar-refractivity contribution in [3.05, 3.63) is 52.5 Å². The molecule has 1 N–H and O–H groups in total. The van der Waals surface area contributed by atoms with Crippen LogP contribution in [0.4, 0.5) is 15.3 Å². The molecule has 4 bridgehead atoms. The largest absolute Gasteiger partial charge is 0.487 e. The van der Waals surface area contributed by atoms with Gasteiger partial charge in [-0.05, 0) is 91.8 Å². The number of ether oxygens (including phenoxy) is 2. The first-order chi connectivity index (χ1) is 20.2. The van der Waals surface area contributed by atoms with Gasteiger partial charge in [-0.3, -0.25) is 0 Å². The van der Waals surface area contributed by atoms with Crippen LogP contribution in [0.25, 0.3) is 0 Å². The van der Waals surface area contributed by atoms with E-state index in [0.717, 1.165) is 43.2 Å². The van der Waals surface area contributed by atoms with Gasteiger partial charge in [0.25, 0.3) is 10.0 Å². The molecule has 42 heavy (non-hydrogen) atoms. The molecule has 2 aromatic rings. The molecule has 10 nitrogen and oxygen atoms in total. The zero-order valence-electron chi connectivity index (χ0n) is 23.8. The molecule has 2 fully saturated rings. The number of carbonyl (C=O) groups is 2. The van der Waals surface area contributed by atoms with Crippen molar-refractivity contribution in [1.29, 1.82) is 0 Å². The lowest BCUT2D eigenvalue weighted by Crippen LogP contribution is -2.45. The van der Waals surface area contributed by atoms with E-state index in [9.17, 15) is 18.0 Å². The van der Waals surface area contributed by atoms with Gasteiger partial charge in [-0.2, -0.15) is 0 Å². The molecule has 0 unspecified atom stereocenters. The van der Waals surface area contributed by atoms with Crippen molar-refractivity contribution in [1.82, 2.24) is 14.5 Å². The van der Waals surface area contributed by atoms with Crippen LogP contribution in [0.15, 0.2) is 41.3 Å². The lowest BCUT2D eigenvalue weighted by atomic mass is 9.73. The third-order valence-electron chi connectivity index (χ3n) is 9.22. The van der Waals surface area contributed by atoms with E-state index in [-0.39, 0.29) is 29.3 Å². The number of anilines is 1. The van der Waals surface area contributed by atoms with Gasteiger partial charge in [-0.25, -0.2) is 22.7 Å². The second-order valence-corrected chi connectivity index (χ2v) is 13.9. The Hall–Kier alpha value is -3.18. The van der Waals surface area contributed by atoms with Crippen molar-refractivity contribution in [2.24, 2.45) is 11.8 Å². The number of hydrogen-bond acceptors (Lipinski definition) is 7. The minimum absolute atomic E-state index is 0.00565. The average molecular weight is 617 g/mol. The number of aryl methyl sites for hydroxylation is 1. The molecule has 1 aliphatic carbocycles. The molecule has 1 saturated heterocycles. The maximum Gasteiger partial charge on any atom is 0.409 e. The van der Waals surface area contributed by atoms with Crippen LogP contribution in [0.3, 0.4) is 0 Å². The Bertz CT molecular complexity index is 1470. The number of fused-ring (bicyclic) bond motifs is 5. The Labute approximate surface area is 251 Å². The van der Waals surface area contributed by atoms with Crippen LogP contribution in [0.2, 0.25) is 5.02 Å². The molecule has 0 spiro atoms. The summed E-state index contributed by atoms with van der Waals surface area (Å²) in [6, 6.07) is 9.68. The number of nitrogens with one attached hydrogen (secondary N) is 1. The van der Waals surface area contributed by atoms with Gasteiger partial charge in [-0.15, -0.1) is 0 Å². The van der Waals surface area contributed by atoms with Crippen LogP contribution in [0.5, 0.6) is 5.75 Å². The van der Waals surface area contributed by atoms with Crippen LogP contribution < -0.4 is 14.4 Å². The topological polar surface area (TPSA) is 108 Å². The van der Waals surface area contributed by atoms with Gasteiger partial charge in [-0.1, -0.05) is 17.7 Å². The molecule has 226 valence electrons. The highest BCUT2D eigenvalue weighted by atomic mass is 35.5. The number of rotatable bonds is 0. The SMILES string of the molecule is CN1C(=O)OC[C@@H]2CC[C@H]2CN2CCCCc3cc(Cl)ccc3COc3ccc(cc32)S(=O)(=O)NC(=O)N2CC[C@H]1C2. The van der Waals surface area contributed by atoms with E-state index in [4.69, 9.17) is 21.1 Å². The number of carbonyl (C=O) groups excluding carboxylic acids is 2. The smallest absolute Gasteiger partial charge is 0.409 e. The van der Waals surface area contributed by atoms with Crippen molar-refractivity contribution >= 4 is 39.4 Å². The molecule has 0 aromatic heterocycles. The van der Waals surface area contributed by atoms with Crippen LogP contribution >= 0.6 is 11.6 Å². The van der Waals surface area contributed by atoms with E-state index in [2.05, 4.69) is 9.62 Å². The van der Waals surface area contributed by atoms with Crippen molar-refractivity contribution in [2.75, 3.05) is 44.7 Å². The first-order valence-corrected chi connectivity index (χ1v) is 16.5. The normalized spacial score (nSPS) is 26.3. The van der Waals surface area contributed by atoms with Gasteiger partial charge < -0.3 is 24.2 Å². The van der Waals surface area contributed by atoms with E-state index < -0.39 is 22.1 Å². The lowest BCUT2D eigenvalue weighted by Gasteiger charge is -2.41. The number of halogens is 1. The molecule has 3 amide bonds. The van der Waals surface area contributed by atoms with Gasteiger partial charge in [0.05, 0.1) is 23.2 Å². The quantitative estimate of drug-likeness (QED) is 0.459. The monoisotopic (exact) mass is 616 g/mol. The Balaban J connectivity index is 1.36. The number of nitrogens with zero attached hydrogens (tertiary/aromatic N) is 3. The molecule has 1 saturated carbocycles. The lowest BCUT2D eigenvalue weighted by molar-refractivity contribution is 0.0444. The average Bonchev–Trinajstić information content (AvgIpc) is 3.44. The maximum absolute atomic E-state index is 13.5. The predicted octanol–water partition coefficient (Wildman–Crippen LogP) is 4.64. The van der Waals surface area contributed by atoms with Crippen LogP contribution in [-0.2, 0) is 27.8 Å². The summed E-state index contributed by atoms with van der Waals surface area (Å²) in [5.74, 6) is 1.09. The summed E-state index contributed by atoms with van der Waals surface area (Å²) in [7, 11) is -2.50. The molecular weight excluding hydrogens is 580 g/mol. The third kappa shape index (κ3) is 5.99. The zero-order valence-corrected chi connectivity index (χ0v) is 25.3. The molecule has 12 heteroatoms. The Morgan fingerprint density at radius 2 is 1.74 bits per heavy atom. The number of cyclic esters (lactones) is 1. The second-order valence-electron chi connectivity index (χ2n) is 11.8. The van der Waals surface area contributed by atoms with E-state index >= 15 is 0 Å². The third-order valence-corrected chi connectivity index (χ3v) is 10.8. The van der Waals surface area contributed by atoms with Crippen molar-refractivity contribution < 1.29 is 27.5 Å². The van der Waals surface area contributed by atoms with Gasteiger partial charge in [0.15, 0.2) is 0 Å². The number of benzene rings is 2. The fraction of sp³-hybridized carbons (Fsp3) is 0.533. The van der Waals surface area contributed by atoms with Crippen LogP contribution in [0.1, 0.15) is 43.2 Å². The fourth-order valence-corrected chi connectivity index (χ4v) is 7.56. The molecule has 6 rings (SSSR count). The van der Waals surface area contributed by atoms with Crippen molar-refractivity contribution in [3.8, 4) is 5.75 Å². The number of sulfonamides is 1. The first-order valence-electron chi connectivity index (χ1n) is 14.7. The molecule has 4 aliphatic rings. The number of amides is 3. The Morgan fingerprint density at radius 3 is 2.55 bits per heavy atom. The molecular formula is C30H37ClN4O6S. The molecule has 2 aromatic carbocycles. The fourth-order valence-electron chi connectivity index (χ4n) is 6.38. The van der Waals surface area contributed by atoms with Crippen LogP contribution in [0, 0.1) is 11.8 Å². The maximum atomic E-state index is 13.5. The van der Waals surface area contributed by atoms with Gasteiger partial charge >= 0.3 is 12.1 Å². The standard InChI is InChI=1S/C30H37ClN4O6S/c1-33-25-11-13-35(17-25)29(36)32-42(38,39)26-9-10-28-27(15-26)34(16-21-5-6-23(21)19-41-30(33)37)12-3-2-4-20-14-24(31)8-7-22(20)18-40-28/h7-10,14-15,21,23,25H,2-6,11-13,16-19H2,1H3,(H,32,36)/t21-,23-,25-/m0/s1. The van der Waals surface area contributed by atoms with Crippen molar-refractivity contribution in [3.63, 3.8) is 0 Å². The number of urea groups is 1. The van der Waals surface area contributed by atoms with Crippen LogP contribution in [-0.4, -0.2) is 76.2 Å². The van der Waals surface area contributed by atoms with E-state index in [1.54, 1.807) is 19.2 Å². The minimum atomic E-state index is -4.17. The molecule has 0 radical (unpaired) electrons. The van der Waals surface area contributed by atoms with E-state index in [1.807, 2.05) is 18.2 Å². The molecule has 3 aliphatic heterocycles. The summed E-state index contributed by atoms with van der Waals surface area (Å²) in [6.45, 7) is 2.61. The highest BCUT2D eigenvalue weighted by molar-refractivity contribution is 7.90. The summed E-state index contributed by atoms with van der Waals surface area (Å²) in [5.41, 5.74) is 2.87. The summed E-state index contributed by atoms with van der Waals surface area (Å²) < 4.78 is 41.3. The first kappa shape index (κ1) is 28.9. The second kappa shape index (κ2) is 11.8.